The van der Waals surface area contributed by atoms with Crippen LogP contribution in [0.1, 0.15) is 27.2 Å². The lowest BCUT2D eigenvalue weighted by molar-refractivity contribution is 0.903. The van der Waals surface area contributed by atoms with E-state index in [2.05, 4.69) is 39.0 Å². The summed E-state index contributed by atoms with van der Waals surface area (Å²) in [6.45, 7) is 6.55. The van der Waals surface area contributed by atoms with Crippen LogP contribution >= 0.6 is 0 Å². The third-order valence-corrected chi connectivity index (χ3v) is 2.99. The molecule has 0 heterocycles. The van der Waals surface area contributed by atoms with Crippen LogP contribution in [0.4, 0.5) is 0 Å². The van der Waals surface area contributed by atoms with E-state index in [4.69, 9.17) is 0 Å². The lowest BCUT2D eigenvalue weighted by Crippen LogP contribution is -1.95. The van der Waals surface area contributed by atoms with Gasteiger partial charge in [-0.15, -0.1) is 0 Å². The molecule has 0 aliphatic heterocycles. The first-order chi connectivity index (χ1) is 5.72. The maximum absolute atomic E-state index is 2.41. The number of hydrogen-bond donors (Lipinski definition) is 0. The van der Waals surface area contributed by atoms with E-state index >= 15 is 0 Å². The Bertz CT molecular complexity index is 289. The van der Waals surface area contributed by atoms with Crippen LogP contribution in [0, 0.1) is 11.8 Å². The molecule has 2 rings (SSSR count). The van der Waals surface area contributed by atoms with Gasteiger partial charge in [0.1, 0.15) is 0 Å². The number of fused-ring (bicyclic) bond motifs is 1. The molecule has 2 aliphatic rings. The minimum absolute atomic E-state index is 0.866. The fraction of sp³-hybridized carbons (Fsp3) is 0.500. The molecule has 0 saturated heterocycles. The van der Waals surface area contributed by atoms with Crippen molar-refractivity contribution in [3.8, 4) is 0 Å². The highest BCUT2D eigenvalue weighted by molar-refractivity contribution is 5.45. The molecule has 0 radical (unpaired) electrons. The van der Waals surface area contributed by atoms with Crippen molar-refractivity contribution in [2.24, 2.45) is 11.8 Å². The van der Waals surface area contributed by atoms with Gasteiger partial charge in [0, 0.05) is 0 Å². The summed E-state index contributed by atoms with van der Waals surface area (Å²) in [5.41, 5.74) is 4.50. The molecule has 0 aromatic heterocycles. The van der Waals surface area contributed by atoms with Gasteiger partial charge < -0.3 is 0 Å². The van der Waals surface area contributed by atoms with Crippen LogP contribution in [0.15, 0.2) is 34.9 Å². The van der Waals surface area contributed by atoms with Crippen LogP contribution in [-0.2, 0) is 0 Å². The number of rotatable bonds is 1. The molecule has 1 saturated carbocycles. The van der Waals surface area contributed by atoms with Crippen LogP contribution in [0.2, 0.25) is 0 Å². The predicted octanol–water partition coefficient (Wildman–Crippen LogP) is 3.48. The lowest BCUT2D eigenvalue weighted by Gasteiger charge is -2.11. The average molecular weight is 160 g/mol. The van der Waals surface area contributed by atoms with E-state index in [9.17, 15) is 0 Å². The Hall–Kier alpha value is -0.780. The van der Waals surface area contributed by atoms with E-state index in [1.807, 2.05) is 0 Å². The van der Waals surface area contributed by atoms with Crippen molar-refractivity contribution in [1.82, 2.24) is 0 Å². The summed E-state index contributed by atoms with van der Waals surface area (Å²) in [7, 11) is 0. The highest BCUT2D eigenvalue weighted by atomic mass is 14.4. The molecule has 0 spiro atoms. The standard InChI is InChI=1S/C12H16/c1-4-9(3)11-6-8(2)5-10-7-12(10)11/h4-6,10,12H,7H2,1-3H3/b9-4+. The first kappa shape index (κ1) is 7.85. The molecule has 0 aromatic carbocycles. The minimum Gasteiger partial charge on any atom is -0.0844 e. The third kappa shape index (κ3) is 1.16. The smallest absolute Gasteiger partial charge is 0.00902 e. The zero-order valence-electron chi connectivity index (χ0n) is 8.09. The van der Waals surface area contributed by atoms with Crippen LogP contribution < -0.4 is 0 Å². The Morgan fingerprint density at radius 1 is 1.58 bits per heavy atom. The number of hydrogen-bond acceptors (Lipinski definition) is 0. The highest BCUT2D eigenvalue weighted by Crippen LogP contribution is 2.50. The zero-order valence-corrected chi connectivity index (χ0v) is 8.09. The Kier molecular flexibility index (Phi) is 1.71. The largest absolute Gasteiger partial charge is 0.0844 e. The molecule has 2 unspecified atom stereocenters. The fourth-order valence-electron chi connectivity index (χ4n) is 2.07. The van der Waals surface area contributed by atoms with E-state index < -0.39 is 0 Å². The second-order valence-corrected chi connectivity index (χ2v) is 3.99. The van der Waals surface area contributed by atoms with E-state index in [1.165, 1.54) is 17.6 Å². The summed E-state index contributed by atoms with van der Waals surface area (Å²) < 4.78 is 0. The quantitative estimate of drug-likeness (QED) is 0.551. The first-order valence-corrected chi connectivity index (χ1v) is 4.75. The van der Waals surface area contributed by atoms with E-state index in [-0.39, 0.29) is 0 Å². The SMILES string of the molecule is C/C=C(\C)C1=CC(C)=CC2CC12. The lowest BCUT2D eigenvalue weighted by atomic mass is 9.94. The van der Waals surface area contributed by atoms with Crippen molar-refractivity contribution in [3.63, 3.8) is 0 Å². The van der Waals surface area contributed by atoms with Gasteiger partial charge in [0.25, 0.3) is 0 Å². The Morgan fingerprint density at radius 2 is 2.33 bits per heavy atom. The summed E-state index contributed by atoms with van der Waals surface area (Å²) in [6.07, 6.45) is 8.37. The van der Waals surface area contributed by atoms with Gasteiger partial charge in [-0.1, -0.05) is 29.4 Å². The van der Waals surface area contributed by atoms with Crippen molar-refractivity contribution >= 4 is 0 Å². The molecule has 0 aromatic rings. The van der Waals surface area contributed by atoms with Crippen molar-refractivity contribution in [2.45, 2.75) is 27.2 Å². The van der Waals surface area contributed by atoms with Gasteiger partial charge in [0.2, 0.25) is 0 Å². The minimum atomic E-state index is 0.866. The molecule has 0 N–H and O–H groups in total. The Labute approximate surface area is 74.7 Å². The maximum atomic E-state index is 2.41. The summed E-state index contributed by atoms with van der Waals surface area (Å²) in [5, 5.41) is 0. The third-order valence-electron chi connectivity index (χ3n) is 2.99. The van der Waals surface area contributed by atoms with Crippen molar-refractivity contribution in [1.29, 1.82) is 0 Å². The molecule has 0 amide bonds. The van der Waals surface area contributed by atoms with Gasteiger partial charge in [-0.05, 0) is 44.6 Å². The van der Waals surface area contributed by atoms with Crippen molar-refractivity contribution < 1.29 is 0 Å². The average Bonchev–Trinajstić information content (AvgIpc) is 2.80. The van der Waals surface area contributed by atoms with Gasteiger partial charge in [-0.25, -0.2) is 0 Å². The molecule has 64 valence electrons. The van der Waals surface area contributed by atoms with E-state index in [0.717, 1.165) is 11.8 Å². The van der Waals surface area contributed by atoms with Gasteiger partial charge in [-0.2, -0.15) is 0 Å². The normalized spacial score (nSPS) is 33.8. The fourth-order valence-corrected chi connectivity index (χ4v) is 2.07. The number of allylic oxidation sites excluding steroid dienone is 6. The topological polar surface area (TPSA) is 0 Å². The predicted molar refractivity (Wildman–Crippen MR) is 52.9 cm³/mol. The molecule has 0 nitrogen and oxygen atoms in total. The summed E-state index contributed by atoms with van der Waals surface area (Å²) in [6, 6.07) is 0. The summed E-state index contributed by atoms with van der Waals surface area (Å²) in [4.78, 5) is 0. The molecular formula is C12H16. The molecule has 0 bridgehead atoms. The Morgan fingerprint density at radius 3 is 3.00 bits per heavy atom. The van der Waals surface area contributed by atoms with Gasteiger partial charge in [0.05, 0.1) is 0 Å². The van der Waals surface area contributed by atoms with Gasteiger partial charge in [0.15, 0.2) is 0 Å². The van der Waals surface area contributed by atoms with Crippen molar-refractivity contribution in [2.75, 3.05) is 0 Å². The molecule has 2 aliphatic carbocycles. The Balaban J connectivity index is 2.31. The van der Waals surface area contributed by atoms with Crippen molar-refractivity contribution in [3.05, 3.63) is 34.9 Å². The van der Waals surface area contributed by atoms with Crippen LogP contribution in [0.5, 0.6) is 0 Å². The second-order valence-electron chi connectivity index (χ2n) is 3.99. The van der Waals surface area contributed by atoms with E-state index in [0.29, 0.717) is 0 Å². The monoisotopic (exact) mass is 160 g/mol. The summed E-state index contributed by atoms with van der Waals surface area (Å²) >= 11 is 0. The molecule has 12 heavy (non-hydrogen) atoms. The summed E-state index contributed by atoms with van der Waals surface area (Å²) in [5.74, 6) is 1.74. The van der Waals surface area contributed by atoms with Crippen LogP contribution in [-0.4, -0.2) is 0 Å². The van der Waals surface area contributed by atoms with Crippen LogP contribution in [0.3, 0.4) is 0 Å². The van der Waals surface area contributed by atoms with Gasteiger partial charge >= 0.3 is 0 Å². The van der Waals surface area contributed by atoms with Gasteiger partial charge in [-0.3, -0.25) is 0 Å². The highest BCUT2D eigenvalue weighted by Gasteiger charge is 2.40. The molecular weight excluding hydrogens is 144 g/mol. The molecule has 0 heteroatoms. The van der Waals surface area contributed by atoms with E-state index in [1.54, 1.807) is 5.57 Å². The molecule has 2 atom stereocenters. The maximum Gasteiger partial charge on any atom is -0.00902 e. The first-order valence-electron chi connectivity index (χ1n) is 4.75. The zero-order chi connectivity index (χ0) is 8.72. The second kappa shape index (κ2) is 2.62. The van der Waals surface area contributed by atoms with Crippen LogP contribution in [0.25, 0.3) is 0 Å². The molecule has 1 fully saturated rings.